The van der Waals surface area contributed by atoms with Gasteiger partial charge in [0.15, 0.2) is 0 Å². The predicted molar refractivity (Wildman–Crippen MR) is 96.9 cm³/mol. The molecule has 0 aromatic heterocycles. The Morgan fingerprint density at radius 3 is 2.48 bits per heavy atom. The molecule has 0 saturated heterocycles. The zero-order chi connectivity index (χ0) is 16.3. The first kappa shape index (κ1) is 17.3. The largest absolute Gasteiger partial charge is 0.198 e. The fourth-order valence-electron chi connectivity index (χ4n) is 6.47. The summed E-state index contributed by atoms with van der Waals surface area (Å²) in [5.74, 6) is 4.94. The van der Waals surface area contributed by atoms with Gasteiger partial charge in [-0.25, -0.2) is 0 Å². The van der Waals surface area contributed by atoms with Gasteiger partial charge in [0.1, 0.15) is 0 Å². The molecule has 0 N–H and O–H groups in total. The van der Waals surface area contributed by atoms with E-state index in [1.807, 2.05) is 0 Å². The number of rotatable bonds is 5. The van der Waals surface area contributed by atoms with Gasteiger partial charge in [0, 0.05) is 0 Å². The van der Waals surface area contributed by atoms with E-state index in [4.69, 9.17) is 0 Å². The van der Waals surface area contributed by atoms with Crippen LogP contribution in [0.3, 0.4) is 0 Å². The maximum atomic E-state index is 9.65. The summed E-state index contributed by atoms with van der Waals surface area (Å²) < 4.78 is 0. The summed E-state index contributed by atoms with van der Waals surface area (Å²) in [7, 11) is 0. The minimum Gasteiger partial charge on any atom is -0.198 e. The predicted octanol–water partition coefficient (Wildman–Crippen LogP) is 6.73. The molecule has 3 saturated carbocycles. The lowest BCUT2D eigenvalue weighted by molar-refractivity contribution is -0.0167. The van der Waals surface area contributed by atoms with Crippen molar-refractivity contribution in [3.05, 3.63) is 0 Å². The summed E-state index contributed by atoms with van der Waals surface area (Å²) in [5.41, 5.74) is 0.0331. The van der Waals surface area contributed by atoms with Gasteiger partial charge < -0.3 is 0 Å². The van der Waals surface area contributed by atoms with Gasteiger partial charge in [-0.1, -0.05) is 46.0 Å². The first-order valence-corrected chi connectivity index (χ1v) is 10.6. The van der Waals surface area contributed by atoms with Gasteiger partial charge in [-0.05, 0) is 81.0 Å². The summed E-state index contributed by atoms with van der Waals surface area (Å²) in [4.78, 5) is 0. The minimum absolute atomic E-state index is 0.0331. The summed E-state index contributed by atoms with van der Waals surface area (Å²) in [6.45, 7) is 4.55. The maximum Gasteiger partial charge on any atom is 0.0689 e. The zero-order valence-electron chi connectivity index (χ0n) is 15.5. The van der Waals surface area contributed by atoms with Gasteiger partial charge in [-0.3, -0.25) is 0 Å². The van der Waals surface area contributed by atoms with E-state index >= 15 is 0 Å². The van der Waals surface area contributed by atoms with Crippen LogP contribution in [-0.4, -0.2) is 0 Å². The Morgan fingerprint density at radius 1 is 0.957 bits per heavy atom. The van der Waals surface area contributed by atoms with Crippen LogP contribution in [0, 0.1) is 46.3 Å². The molecule has 0 bridgehead atoms. The standard InChI is InChI=1S/C22H37N/c1-3-5-6-7-17-8-11-20-18(14-17)9-10-19-15-22(4-2,16-23)13-12-21(19)20/h17-21H,3-15H2,1-2H3. The van der Waals surface area contributed by atoms with Crippen molar-refractivity contribution in [2.24, 2.45) is 35.0 Å². The normalized spacial score (nSPS) is 43.3. The molecule has 0 radical (unpaired) electrons. The number of nitrogens with zero attached hydrogens (tertiary/aromatic N) is 1. The number of fused-ring (bicyclic) bond motifs is 3. The van der Waals surface area contributed by atoms with Gasteiger partial charge >= 0.3 is 0 Å². The summed E-state index contributed by atoms with van der Waals surface area (Å²) in [5, 5.41) is 9.65. The highest BCUT2D eigenvalue weighted by atomic mass is 14.5. The van der Waals surface area contributed by atoms with E-state index in [9.17, 15) is 5.26 Å². The first-order valence-electron chi connectivity index (χ1n) is 10.6. The van der Waals surface area contributed by atoms with E-state index in [-0.39, 0.29) is 5.41 Å². The van der Waals surface area contributed by atoms with Gasteiger partial charge in [0.25, 0.3) is 0 Å². The first-order chi connectivity index (χ1) is 11.2. The molecule has 6 unspecified atom stereocenters. The summed E-state index contributed by atoms with van der Waals surface area (Å²) in [6.07, 6.45) is 18.0. The summed E-state index contributed by atoms with van der Waals surface area (Å²) >= 11 is 0. The molecule has 0 aromatic carbocycles. The topological polar surface area (TPSA) is 23.8 Å². The lowest BCUT2D eigenvalue weighted by Gasteiger charge is -2.52. The highest BCUT2D eigenvalue weighted by Gasteiger charge is 2.48. The van der Waals surface area contributed by atoms with Crippen LogP contribution in [0.2, 0.25) is 0 Å². The third-order valence-corrected chi connectivity index (χ3v) is 7.95. The lowest BCUT2D eigenvalue weighted by Crippen LogP contribution is -2.43. The third-order valence-electron chi connectivity index (χ3n) is 7.95. The van der Waals surface area contributed by atoms with Gasteiger partial charge in [-0.15, -0.1) is 0 Å². The molecular formula is C22H37N. The molecule has 3 rings (SSSR count). The van der Waals surface area contributed by atoms with E-state index in [2.05, 4.69) is 19.9 Å². The molecule has 6 atom stereocenters. The fourth-order valence-corrected chi connectivity index (χ4v) is 6.47. The molecule has 0 amide bonds. The number of hydrogen-bond acceptors (Lipinski definition) is 1. The van der Waals surface area contributed by atoms with Gasteiger partial charge in [0.2, 0.25) is 0 Å². The molecule has 130 valence electrons. The Kier molecular flexibility index (Phi) is 5.71. The van der Waals surface area contributed by atoms with Crippen molar-refractivity contribution < 1.29 is 0 Å². The average Bonchev–Trinajstić information content (AvgIpc) is 2.61. The van der Waals surface area contributed by atoms with Crippen molar-refractivity contribution >= 4 is 0 Å². The Bertz CT molecular complexity index is 422. The van der Waals surface area contributed by atoms with Crippen LogP contribution in [0.25, 0.3) is 0 Å². The molecule has 0 heterocycles. The van der Waals surface area contributed by atoms with E-state index in [1.165, 1.54) is 77.0 Å². The van der Waals surface area contributed by atoms with E-state index in [0.29, 0.717) is 0 Å². The number of nitriles is 1. The van der Waals surface area contributed by atoms with Crippen LogP contribution in [0.15, 0.2) is 0 Å². The van der Waals surface area contributed by atoms with Crippen LogP contribution in [-0.2, 0) is 0 Å². The second-order valence-corrected chi connectivity index (χ2v) is 9.09. The summed E-state index contributed by atoms with van der Waals surface area (Å²) in [6, 6.07) is 2.71. The molecule has 3 aliphatic carbocycles. The highest BCUT2D eigenvalue weighted by molar-refractivity contribution is 5.05. The quantitative estimate of drug-likeness (QED) is 0.516. The Morgan fingerprint density at radius 2 is 1.74 bits per heavy atom. The molecule has 0 spiro atoms. The Hall–Kier alpha value is -0.510. The van der Waals surface area contributed by atoms with Crippen molar-refractivity contribution in [3.63, 3.8) is 0 Å². The molecular weight excluding hydrogens is 278 g/mol. The van der Waals surface area contributed by atoms with Crippen LogP contribution < -0.4 is 0 Å². The van der Waals surface area contributed by atoms with Gasteiger partial charge in [-0.2, -0.15) is 5.26 Å². The molecule has 3 fully saturated rings. The van der Waals surface area contributed by atoms with Crippen molar-refractivity contribution in [3.8, 4) is 6.07 Å². The van der Waals surface area contributed by atoms with E-state index in [0.717, 1.165) is 36.0 Å². The minimum atomic E-state index is 0.0331. The molecule has 1 nitrogen and oxygen atoms in total. The zero-order valence-corrected chi connectivity index (χ0v) is 15.5. The van der Waals surface area contributed by atoms with E-state index in [1.54, 1.807) is 0 Å². The second-order valence-electron chi connectivity index (χ2n) is 9.09. The van der Waals surface area contributed by atoms with Crippen molar-refractivity contribution in [2.45, 2.75) is 97.3 Å². The van der Waals surface area contributed by atoms with Crippen molar-refractivity contribution in [2.75, 3.05) is 0 Å². The van der Waals surface area contributed by atoms with Crippen LogP contribution >= 0.6 is 0 Å². The third kappa shape index (κ3) is 3.62. The highest BCUT2D eigenvalue weighted by Crippen LogP contribution is 2.56. The van der Waals surface area contributed by atoms with Crippen LogP contribution in [0.5, 0.6) is 0 Å². The lowest BCUT2D eigenvalue weighted by atomic mass is 9.52. The Labute approximate surface area is 144 Å². The van der Waals surface area contributed by atoms with Crippen LogP contribution in [0.1, 0.15) is 97.3 Å². The van der Waals surface area contributed by atoms with Crippen LogP contribution in [0.4, 0.5) is 0 Å². The second kappa shape index (κ2) is 7.58. The molecule has 0 aliphatic heterocycles. The molecule has 0 aromatic rings. The van der Waals surface area contributed by atoms with Gasteiger partial charge in [0.05, 0.1) is 11.5 Å². The SMILES string of the molecule is CCCCCC1CCC2C(CCC3CC(C#N)(CC)CCC32)C1. The number of hydrogen-bond donors (Lipinski definition) is 0. The monoisotopic (exact) mass is 315 g/mol. The van der Waals surface area contributed by atoms with E-state index < -0.39 is 0 Å². The Balaban J connectivity index is 1.57. The van der Waals surface area contributed by atoms with Crippen molar-refractivity contribution in [1.29, 1.82) is 5.26 Å². The smallest absolute Gasteiger partial charge is 0.0689 e. The van der Waals surface area contributed by atoms with Crippen molar-refractivity contribution in [1.82, 2.24) is 0 Å². The molecule has 23 heavy (non-hydrogen) atoms. The molecule has 1 heteroatoms. The molecule has 3 aliphatic rings. The maximum absolute atomic E-state index is 9.65. The fraction of sp³-hybridized carbons (Fsp3) is 0.955. The average molecular weight is 316 g/mol. The number of unbranched alkanes of at least 4 members (excludes halogenated alkanes) is 2.